The molecule has 13 heteroatoms. The van der Waals surface area contributed by atoms with Crippen molar-refractivity contribution in [2.24, 2.45) is 23.2 Å². The van der Waals surface area contributed by atoms with Crippen LogP contribution in [0.2, 0.25) is 0 Å². The summed E-state index contributed by atoms with van der Waals surface area (Å²) in [5.41, 5.74) is -0.0202. The van der Waals surface area contributed by atoms with Crippen molar-refractivity contribution in [2.45, 2.75) is 58.2 Å². The number of aromatic nitrogens is 2. The summed E-state index contributed by atoms with van der Waals surface area (Å²) in [6, 6.07) is 10.1. The van der Waals surface area contributed by atoms with Crippen LogP contribution < -0.4 is 25.4 Å². The van der Waals surface area contributed by atoms with Crippen LogP contribution >= 0.6 is 0 Å². The Kier molecular flexibility index (Phi) is 8.90. The van der Waals surface area contributed by atoms with Crippen LogP contribution in [0.4, 0.5) is 36.3 Å². The lowest BCUT2D eigenvalue weighted by Gasteiger charge is -2.59. The lowest BCUT2D eigenvalue weighted by molar-refractivity contribution is -0.168. The molecule has 10 nitrogen and oxygen atoms in total. The van der Waals surface area contributed by atoms with E-state index in [-0.39, 0.29) is 46.5 Å². The fourth-order valence-corrected chi connectivity index (χ4v) is 8.13. The number of halogens is 3. The summed E-state index contributed by atoms with van der Waals surface area (Å²) in [5, 5.41) is 8.22. The Morgan fingerprint density at radius 1 is 1.08 bits per heavy atom. The zero-order valence-corrected chi connectivity index (χ0v) is 27.7. The minimum Gasteiger partial charge on any atom is -0.494 e. The zero-order valence-electron chi connectivity index (χ0n) is 27.7. The highest BCUT2D eigenvalue weighted by Gasteiger charge is 2.59. The number of alkyl halides is 3. The van der Waals surface area contributed by atoms with E-state index in [0.717, 1.165) is 32.1 Å². The summed E-state index contributed by atoms with van der Waals surface area (Å²) in [6.07, 6.45) is 0.665. The van der Waals surface area contributed by atoms with Gasteiger partial charge in [-0.25, -0.2) is 4.98 Å². The van der Waals surface area contributed by atoms with Gasteiger partial charge in [0.25, 0.3) is 5.91 Å². The van der Waals surface area contributed by atoms with Crippen molar-refractivity contribution < 1.29 is 32.2 Å². The SMILES string of the molecule is CCN(C)C(=O)C12CC3CC(C1)C(Oc1ccc(Nc4ncc(C(F)(F)F)c(Nc5c(C)cccc5C(=O)NC)n4)c(OC)c1)C(C3)C2. The number of aryl methyl sites for hydroxylation is 1. The Morgan fingerprint density at radius 2 is 1.81 bits per heavy atom. The van der Waals surface area contributed by atoms with Crippen LogP contribution in [0.15, 0.2) is 42.6 Å². The summed E-state index contributed by atoms with van der Waals surface area (Å²) in [7, 11) is 4.82. The molecule has 1 aromatic heterocycles. The predicted molar refractivity (Wildman–Crippen MR) is 175 cm³/mol. The molecule has 2 aromatic carbocycles. The molecular formula is C35H41F3N6O4. The van der Waals surface area contributed by atoms with E-state index in [0.29, 0.717) is 41.4 Å². The van der Waals surface area contributed by atoms with Gasteiger partial charge < -0.3 is 30.3 Å². The molecule has 3 N–H and O–H groups in total. The summed E-state index contributed by atoms with van der Waals surface area (Å²) in [5.74, 6) is 1.30. The summed E-state index contributed by atoms with van der Waals surface area (Å²) >= 11 is 0. The van der Waals surface area contributed by atoms with E-state index in [1.165, 1.54) is 20.2 Å². The van der Waals surface area contributed by atoms with Crippen LogP contribution in [0.25, 0.3) is 0 Å². The largest absolute Gasteiger partial charge is 0.494 e. The third-order valence-corrected chi connectivity index (χ3v) is 10.2. The van der Waals surface area contributed by atoms with Crippen LogP contribution in [-0.4, -0.2) is 60.5 Å². The Labute approximate surface area is 277 Å². The van der Waals surface area contributed by atoms with Gasteiger partial charge in [0.15, 0.2) is 0 Å². The zero-order chi connectivity index (χ0) is 34.4. The number of para-hydroxylation sites is 1. The molecule has 4 fully saturated rings. The number of nitrogens with zero attached hydrogens (tertiary/aromatic N) is 3. The third kappa shape index (κ3) is 6.22. The standard InChI is InChI=1S/C35H41F3N6O4/c1-6-44(4)32(46)34-15-20-12-21(16-34)29(22(13-20)17-34)48-23-10-11-26(27(14-23)47-5)41-33-40-18-25(35(36,37)38)30(43-33)42-28-19(2)8-7-9-24(28)31(45)39-3/h7-11,14,18,20-22,29H,6,12-13,15-17H2,1-5H3,(H,39,45)(H2,40,41,42,43). The molecule has 3 aromatic rings. The van der Waals surface area contributed by atoms with Crippen molar-refractivity contribution in [3.63, 3.8) is 0 Å². The number of hydrogen-bond donors (Lipinski definition) is 3. The minimum atomic E-state index is -4.76. The molecule has 2 amide bonds. The number of anilines is 4. The predicted octanol–water partition coefficient (Wildman–Crippen LogP) is 6.71. The van der Waals surface area contributed by atoms with Gasteiger partial charge in [-0.1, -0.05) is 12.1 Å². The highest BCUT2D eigenvalue weighted by Crippen LogP contribution is 2.61. The van der Waals surface area contributed by atoms with Gasteiger partial charge in [0.05, 0.1) is 29.5 Å². The first-order valence-electron chi connectivity index (χ1n) is 16.3. The Hall–Kier alpha value is -4.55. The number of carbonyl (C=O) groups excluding carboxylic acids is 2. The number of benzene rings is 2. The number of hydrogen-bond acceptors (Lipinski definition) is 8. The average Bonchev–Trinajstić information content (AvgIpc) is 3.06. The van der Waals surface area contributed by atoms with Crippen LogP contribution in [-0.2, 0) is 11.0 Å². The molecule has 0 saturated heterocycles. The number of ether oxygens (including phenoxy) is 2. The number of methoxy groups -OCH3 is 1. The molecule has 4 saturated carbocycles. The number of nitrogens with one attached hydrogen (secondary N) is 3. The quantitative estimate of drug-likeness (QED) is 0.219. The molecule has 0 aliphatic heterocycles. The summed E-state index contributed by atoms with van der Waals surface area (Å²) in [6.45, 7) is 4.38. The Balaban J connectivity index is 1.23. The van der Waals surface area contributed by atoms with Crippen molar-refractivity contribution >= 4 is 35.0 Å². The van der Waals surface area contributed by atoms with E-state index in [9.17, 15) is 22.8 Å². The van der Waals surface area contributed by atoms with Crippen molar-refractivity contribution in [3.8, 4) is 11.5 Å². The van der Waals surface area contributed by atoms with E-state index in [2.05, 4.69) is 25.9 Å². The molecule has 2 atom stereocenters. The van der Waals surface area contributed by atoms with E-state index in [1.807, 2.05) is 18.9 Å². The number of amides is 2. The van der Waals surface area contributed by atoms with Gasteiger partial charge in [0.1, 0.15) is 29.0 Å². The molecule has 256 valence electrons. The van der Waals surface area contributed by atoms with E-state index in [1.54, 1.807) is 37.3 Å². The highest BCUT2D eigenvalue weighted by molar-refractivity contribution is 6.00. The molecular weight excluding hydrogens is 625 g/mol. The minimum absolute atomic E-state index is 0.00840. The monoisotopic (exact) mass is 666 g/mol. The lowest BCUT2D eigenvalue weighted by atomic mass is 9.48. The Bertz CT molecular complexity index is 1700. The van der Waals surface area contributed by atoms with E-state index in [4.69, 9.17) is 9.47 Å². The Morgan fingerprint density at radius 3 is 2.46 bits per heavy atom. The molecule has 0 radical (unpaired) electrons. The van der Waals surface area contributed by atoms with Crippen molar-refractivity contribution in [1.29, 1.82) is 0 Å². The molecule has 48 heavy (non-hydrogen) atoms. The van der Waals surface area contributed by atoms with Crippen molar-refractivity contribution in [2.75, 3.05) is 38.4 Å². The van der Waals surface area contributed by atoms with Crippen LogP contribution in [0.5, 0.6) is 11.5 Å². The first-order chi connectivity index (χ1) is 22.8. The van der Waals surface area contributed by atoms with Crippen molar-refractivity contribution in [3.05, 3.63) is 59.3 Å². The second-order valence-electron chi connectivity index (χ2n) is 13.3. The van der Waals surface area contributed by atoms with Gasteiger partial charge in [-0.15, -0.1) is 0 Å². The topological polar surface area (TPSA) is 118 Å². The van der Waals surface area contributed by atoms with Gasteiger partial charge in [-0.2, -0.15) is 18.2 Å². The van der Waals surface area contributed by atoms with Gasteiger partial charge in [0.2, 0.25) is 11.9 Å². The molecule has 4 bridgehead atoms. The number of carbonyl (C=O) groups is 2. The van der Waals surface area contributed by atoms with Gasteiger partial charge >= 0.3 is 6.18 Å². The van der Waals surface area contributed by atoms with E-state index >= 15 is 0 Å². The summed E-state index contributed by atoms with van der Waals surface area (Å²) < 4.78 is 54.4. The second-order valence-corrected chi connectivity index (χ2v) is 13.3. The fourth-order valence-electron chi connectivity index (χ4n) is 8.13. The average molecular weight is 667 g/mol. The van der Waals surface area contributed by atoms with Crippen molar-refractivity contribution in [1.82, 2.24) is 20.2 Å². The first-order valence-corrected chi connectivity index (χ1v) is 16.3. The smallest absolute Gasteiger partial charge is 0.421 e. The molecule has 0 spiro atoms. The van der Waals surface area contributed by atoms with Gasteiger partial charge in [-0.3, -0.25) is 9.59 Å². The maximum Gasteiger partial charge on any atom is 0.421 e. The van der Waals surface area contributed by atoms with Crippen LogP contribution in [0, 0.1) is 30.1 Å². The molecule has 4 aliphatic rings. The first kappa shape index (κ1) is 33.4. The van der Waals surface area contributed by atoms with E-state index < -0.39 is 23.5 Å². The fraction of sp³-hybridized carbons (Fsp3) is 0.486. The second kappa shape index (κ2) is 12.8. The van der Waals surface area contributed by atoms with Crippen LogP contribution in [0.1, 0.15) is 60.5 Å². The lowest BCUT2D eigenvalue weighted by Crippen LogP contribution is -2.59. The third-order valence-electron chi connectivity index (χ3n) is 10.2. The maximum absolute atomic E-state index is 14.0. The molecule has 4 aliphatic carbocycles. The van der Waals surface area contributed by atoms with Gasteiger partial charge in [0, 0.05) is 32.9 Å². The molecule has 2 unspecified atom stereocenters. The molecule has 1 heterocycles. The normalized spacial score (nSPS) is 24.2. The van der Waals surface area contributed by atoms with Crippen LogP contribution in [0.3, 0.4) is 0 Å². The molecule has 7 rings (SSSR count). The summed E-state index contributed by atoms with van der Waals surface area (Å²) in [4.78, 5) is 35.8. The maximum atomic E-state index is 14.0. The number of rotatable bonds is 10. The highest BCUT2D eigenvalue weighted by atomic mass is 19.4. The van der Waals surface area contributed by atoms with Gasteiger partial charge in [-0.05, 0) is 87.5 Å².